The largest absolute Gasteiger partial charge is 0.378 e. The Morgan fingerprint density at radius 3 is 1.76 bits per heavy atom. The first kappa shape index (κ1) is 15.6. The lowest BCUT2D eigenvalue weighted by atomic mass is 9.96. The molecule has 2 rings (SSSR count). The third-order valence-corrected chi connectivity index (χ3v) is 4.00. The quantitative estimate of drug-likeness (QED) is 0.900. The zero-order chi connectivity index (χ0) is 15.4. The van der Waals surface area contributed by atoms with Gasteiger partial charge in [-0.1, -0.05) is 50.2 Å². The van der Waals surface area contributed by atoms with Crippen molar-refractivity contribution in [3.05, 3.63) is 54.1 Å². The van der Waals surface area contributed by atoms with E-state index in [0.29, 0.717) is 5.92 Å². The monoisotopic (exact) mass is 282 g/mol. The molecule has 0 spiro atoms. The van der Waals surface area contributed by atoms with Crippen molar-refractivity contribution < 1.29 is 0 Å². The molecule has 0 aliphatic heterocycles. The zero-order valence-corrected chi connectivity index (χ0v) is 13.5. The van der Waals surface area contributed by atoms with Gasteiger partial charge >= 0.3 is 0 Å². The minimum atomic E-state index is 0.232. The van der Waals surface area contributed by atoms with Crippen molar-refractivity contribution in [1.29, 1.82) is 0 Å². The molecule has 0 saturated carbocycles. The van der Waals surface area contributed by atoms with Crippen LogP contribution in [0.1, 0.15) is 19.4 Å². The van der Waals surface area contributed by atoms with Crippen LogP contribution < -0.4 is 10.6 Å². The van der Waals surface area contributed by atoms with E-state index in [-0.39, 0.29) is 6.04 Å². The standard InChI is InChI=1S/C19H26N2/c1-14(2)19(20)13-15-5-7-16(8-6-15)17-9-11-18(12-10-17)21(3)4/h5-12,14,19H,13,20H2,1-4H3. The number of hydrogen-bond acceptors (Lipinski definition) is 2. The Morgan fingerprint density at radius 2 is 1.33 bits per heavy atom. The summed E-state index contributed by atoms with van der Waals surface area (Å²) in [5.41, 5.74) is 11.2. The van der Waals surface area contributed by atoms with Gasteiger partial charge < -0.3 is 10.6 Å². The van der Waals surface area contributed by atoms with Gasteiger partial charge in [0.25, 0.3) is 0 Å². The van der Waals surface area contributed by atoms with E-state index in [1.807, 2.05) is 0 Å². The predicted octanol–water partition coefficient (Wildman–Crippen LogP) is 3.95. The molecule has 2 aromatic carbocycles. The van der Waals surface area contributed by atoms with E-state index in [1.54, 1.807) is 0 Å². The normalized spacial score (nSPS) is 12.5. The molecule has 21 heavy (non-hydrogen) atoms. The highest BCUT2D eigenvalue weighted by atomic mass is 15.1. The van der Waals surface area contributed by atoms with Gasteiger partial charge in [-0.3, -0.25) is 0 Å². The van der Waals surface area contributed by atoms with Crippen molar-refractivity contribution in [3.63, 3.8) is 0 Å². The van der Waals surface area contributed by atoms with E-state index in [4.69, 9.17) is 5.73 Å². The minimum absolute atomic E-state index is 0.232. The molecule has 0 bridgehead atoms. The van der Waals surface area contributed by atoms with Crippen LogP contribution in [0.2, 0.25) is 0 Å². The molecule has 0 amide bonds. The fourth-order valence-electron chi connectivity index (χ4n) is 2.29. The maximum Gasteiger partial charge on any atom is 0.0361 e. The molecule has 0 aromatic heterocycles. The van der Waals surface area contributed by atoms with Gasteiger partial charge in [0.1, 0.15) is 0 Å². The highest BCUT2D eigenvalue weighted by molar-refractivity contribution is 5.66. The van der Waals surface area contributed by atoms with Gasteiger partial charge in [0.15, 0.2) is 0 Å². The minimum Gasteiger partial charge on any atom is -0.378 e. The summed E-state index contributed by atoms with van der Waals surface area (Å²) >= 11 is 0. The molecule has 1 atom stereocenters. The molecule has 0 aliphatic rings. The van der Waals surface area contributed by atoms with Crippen molar-refractivity contribution in [2.24, 2.45) is 11.7 Å². The second-order valence-corrected chi connectivity index (χ2v) is 6.25. The van der Waals surface area contributed by atoms with Crippen molar-refractivity contribution in [2.45, 2.75) is 26.3 Å². The van der Waals surface area contributed by atoms with E-state index in [9.17, 15) is 0 Å². The van der Waals surface area contributed by atoms with Crippen LogP contribution >= 0.6 is 0 Å². The molecule has 2 N–H and O–H groups in total. The Morgan fingerprint density at radius 1 is 0.857 bits per heavy atom. The van der Waals surface area contributed by atoms with Gasteiger partial charge in [-0.15, -0.1) is 0 Å². The summed E-state index contributed by atoms with van der Waals surface area (Å²) in [4.78, 5) is 2.11. The zero-order valence-electron chi connectivity index (χ0n) is 13.5. The van der Waals surface area contributed by atoms with Crippen molar-refractivity contribution >= 4 is 5.69 Å². The lowest BCUT2D eigenvalue weighted by molar-refractivity contribution is 0.490. The first-order valence-corrected chi connectivity index (χ1v) is 7.59. The van der Waals surface area contributed by atoms with Crippen molar-refractivity contribution in [1.82, 2.24) is 0 Å². The summed E-state index contributed by atoms with van der Waals surface area (Å²) in [6.07, 6.45) is 0.942. The third-order valence-electron chi connectivity index (χ3n) is 4.00. The Labute approximate surface area is 128 Å². The Hall–Kier alpha value is -1.80. The van der Waals surface area contributed by atoms with Gasteiger partial charge in [0.05, 0.1) is 0 Å². The van der Waals surface area contributed by atoms with Crippen LogP contribution in [0.3, 0.4) is 0 Å². The average Bonchev–Trinajstić information content (AvgIpc) is 2.48. The van der Waals surface area contributed by atoms with E-state index in [2.05, 4.69) is 81.4 Å². The van der Waals surface area contributed by atoms with Gasteiger partial charge in [-0.2, -0.15) is 0 Å². The van der Waals surface area contributed by atoms with E-state index >= 15 is 0 Å². The maximum absolute atomic E-state index is 6.14. The average molecular weight is 282 g/mol. The van der Waals surface area contributed by atoms with Crippen LogP contribution in [0.25, 0.3) is 11.1 Å². The maximum atomic E-state index is 6.14. The molecule has 2 nitrogen and oxygen atoms in total. The SMILES string of the molecule is CC(C)C(N)Cc1ccc(-c2ccc(N(C)C)cc2)cc1. The second kappa shape index (κ2) is 6.77. The van der Waals surface area contributed by atoms with Crippen LogP contribution in [0, 0.1) is 5.92 Å². The summed E-state index contributed by atoms with van der Waals surface area (Å²) in [5, 5.41) is 0. The highest BCUT2D eigenvalue weighted by Gasteiger charge is 2.08. The highest BCUT2D eigenvalue weighted by Crippen LogP contribution is 2.23. The van der Waals surface area contributed by atoms with Crippen molar-refractivity contribution in [3.8, 4) is 11.1 Å². The summed E-state index contributed by atoms with van der Waals surface area (Å²) in [6.45, 7) is 4.34. The predicted molar refractivity (Wildman–Crippen MR) is 92.7 cm³/mol. The molecular weight excluding hydrogens is 256 g/mol. The Bertz CT molecular complexity index is 553. The molecule has 0 radical (unpaired) electrons. The fraction of sp³-hybridized carbons (Fsp3) is 0.368. The third kappa shape index (κ3) is 4.08. The van der Waals surface area contributed by atoms with Crippen LogP contribution in [0.5, 0.6) is 0 Å². The fourth-order valence-corrected chi connectivity index (χ4v) is 2.29. The lowest BCUT2D eigenvalue weighted by Gasteiger charge is -2.16. The van der Waals surface area contributed by atoms with Crippen LogP contribution in [-0.4, -0.2) is 20.1 Å². The topological polar surface area (TPSA) is 29.3 Å². The summed E-state index contributed by atoms with van der Waals surface area (Å²) in [6, 6.07) is 17.6. The molecule has 0 saturated heterocycles. The van der Waals surface area contributed by atoms with Gasteiger partial charge in [0, 0.05) is 25.8 Å². The molecule has 0 heterocycles. The number of nitrogens with zero attached hydrogens (tertiary/aromatic N) is 1. The number of benzene rings is 2. The number of rotatable bonds is 5. The molecule has 2 aromatic rings. The number of hydrogen-bond donors (Lipinski definition) is 1. The van der Waals surface area contributed by atoms with Crippen LogP contribution in [0.4, 0.5) is 5.69 Å². The summed E-state index contributed by atoms with van der Waals surface area (Å²) in [5.74, 6) is 0.517. The number of anilines is 1. The van der Waals surface area contributed by atoms with Gasteiger partial charge in [-0.25, -0.2) is 0 Å². The molecular formula is C19H26N2. The van der Waals surface area contributed by atoms with E-state index < -0.39 is 0 Å². The molecule has 2 heteroatoms. The summed E-state index contributed by atoms with van der Waals surface area (Å²) < 4.78 is 0. The Kier molecular flexibility index (Phi) is 5.03. The van der Waals surface area contributed by atoms with Crippen LogP contribution in [0.15, 0.2) is 48.5 Å². The molecule has 112 valence electrons. The smallest absolute Gasteiger partial charge is 0.0361 e. The van der Waals surface area contributed by atoms with E-state index in [1.165, 1.54) is 22.4 Å². The van der Waals surface area contributed by atoms with E-state index in [0.717, 1.165) is 6.42 Å². The first-order chi connectivity index (χ1) is 9.97. The first-order valence-electron chi connectivity index (χ1n) is 7.59. The molecule has 0 fully saturated rings. The summed E-state index contributed by atoms with van der Waals surface area (Å²) in [7, 11) is 4.11. The molecule has 1 unspecified atom stereocenters. The lowest BCUT2D eigenvalue weighted by Crippen LogP contribution is -2.28. The van der Waals surface area contributed by atoms with Crippen LogP contribution in [-0.2, 0) is 6.42 Å². The van der Waals surface area contributed by atoms with Crippen molar-refractivity contribution in [2.75, 3.05) is 19.0 Å². The number of nitrogens with two attached hydrogens (primary N) is 1. The van der Waals surface area contributed by atoms with Gasteiger partial charge in [0.2, 0.25) is 0 Å². The second-order valence-electron chi connectivity index (χ2n) is 6.25. The van der Waals surface area contributed by atoms with Gasteiger partial charge in [-0.05, 0) is 41.2 Å². The molecule has 0 aliphatic carbocycles. The Balaban J connectivity index is 2.11.